The van der Waals surface area contributed by atoms with Crippen molar-refractivity contribution in [3.05, 3.63) is 68.7 Å². The Bertz CT molecular complexity index is 1440. The van der Waals surface area contributed by atoms with Crippen LogP contribution in [0.4, 0.5) is 0 Å². The number of aromatic amines is 1. The van der Waals surface area contributed by atoms with Gasteiger partial charge in [-0.15, -0.1) is 22.7 Å². The van der Waals surface area contributed by atoms with E-state index in [-0.39, 0.29) is 10.8 Å². The number of thioether (sulfide) groups is 1. The number of rotatable bonds is 4. The van der Waals surface area contributed by atoms with Crippen LogP contribution in [0.5, 0.6) is 0 Å². The molecule has 0 aliphatic heterocycles. The van der Waals surface area contributed by atoms with Crippen LogP contribution in [-0.4, -0.2) is 19.9 Å². The molecule has 5 nitrogen and oxygen atoms in total. The van der Waals surface area contributed by atoms with Crippen molar-refractivity contribution in [3.63, 3.8) is 0 Å². The van der Waals surface area contributed by atoms with Crippen molar-refractivity contribution in [2.24, 2.45) is 0 Å². The van der Waals surface area contributed by atoms with Gasteiger partial charge in [-0.25, -0.2) is 15.0 Å². The Morgan fingerprint density at radius 2 is 1.87 bits per heavy atom. The van der Waals surface area contributed by atoms with Crippen LogP contribution in [-0.2, 0) is 0 Å². The number of hydrogen-bond donors (Lipinski definition) is 1. The van der Waals surface area contributed by atoms with Crippen LogP contribution in [0.3, 0.4) is 0 Å². The molecule has 0 amide bonds. The van der Waals surface area contributed by atoms with E-state index in [2.05, 4.69) is 32.5 Å². The fraction of sp³-hybridized carbons (Fsp3) is 0.182. The molecule has 5 rings (SSSR count). The highest BCUT2D eigenvalue weighted by atomic mass is 32.2. The van der Waals surface area contributed by atoms with Gasteiger partial charge in [0.15, 0.2) is 0 Å². The summed E-state index contributed by atoms with van der Waals surface area (Å²) >= 11 is 4.78. The molecule has 30 heavy (non-hydrogen) atoms. The highest BCUT2D eigenvalue weighted by Gasteiger charge is 2.20. The van der Waals surface area contributed by atoms with Crippen molar-refractivity contribution in [2.75, 3.05) is 0 Å². The van der Waals surface area contributed by atoms with Crippen molar-refractivity contribution in [3.8, 4) is 11.1 Å². The Morgan fingerprint density at radius 3 is 2.67 bits per heavy atom. The number of H-pyrrole nitrogens is 1. The zero-order chi connectivity index (χ0) is 20.8. The lowest BCUT2D eigenvalue weighted by atomic mass is 10.1. The van der Waals surface area contributed by atoms with Gasteiger partial charge in [-0.05, 0) is 31.9 Å². The SMILES string of the molecule is Cc1sc2nc(C(C)Sc3ncnc4scc(-c5ccccc5)c34)[nH]c(=O)c2c1C. The second-order valence-corrected chi connectivity index (χ2v) is 10.4. The smallest absolute Gasteiger partial charge is 0.259 e. The predicted octanol–water partition coefficient (Wildman–Crippen LogP) is 6.13. The molecule has 1 aromatic carbocycles. The van der Waals surface area contributed by atoms with Crippen LogP contribution in [0, 0.1) is 13.8 Å². The predicted molar refractivity (Wildman–Crippen MR) is 127 cm³/mol. The molecule has 150 valence electrons. The Hall–Kier alpha value is -2.55. The molecule has 0 bridgehead atoms. The van der Waals surface area contributed by atoms with Gasteiger partial charge in [-0.3, -0.25) is 4.79 Å². The minimum absolute atomic E-state index is 0.0635. The molecule has 0 spiro atoms. The minimum atomic E-state index is -0.0716. The third kappa shape index (κ3) is 3.25. The van der Waals surface area contributed by atoms with Crippen LogP contribution in [0.1, 0.15) is 28.4 Å². The molecule has 0 fully saturated rings. The number of benzene rings is 1. The average Bonchev–Trinajstić information content (AvgIpc) is 3.30. The molecule has 0 aliphatic carbocycles. The largest absolute Gasteiger partial charge is 0.309 e. The summed E-state index contributed by atoms with van der Waals surface area (Å²) in [5, 5.41) is 4.72. The van der Waals surface area contributed by atoms with E-state index < -0.39 is 0 Å². The molecule has 8 heteroatoms. The van der Waals surface area contributed by atoms with Crippen LogP contribution in [0.2, 0.25) is 0 Å². The van der Waals surface area contributed by atoms with E-state index in [1.165, 1.54) is 0 Å². The first-order valence-electron chi connectivity index (χ1n) is 9.47. The van der Waals surface area contributed by atoms with Crippen LogP contribution in [0.15, 0.2) is 51.9 Å². The monoisotopic (exact) mass is 450 g/mol. The van der Waals surface area contributed by atoms with Gasteiger partial charge in [0.05, 0.1) is 16.0 Å². The van der Waals surface area contributed by atoms with Crippen molar-refractivity contribution >= 4 is 54.9 Å². The highest BCUT2D eigenvalue weighted by molar-refractivity contribution is 7.99. The summed E-state index contributed by atoms with van der Waals surface area (Å²) in [6, 6.07) is 10.3. The molecule has 0 saturated carbocycles. The third-order valence-corrected chi connectivity index (χ3v) is 8.25. The lowest BCUT2D eigenvalue weighted by Crippen LogP contribution is -2.12. The molecule has 0 aliphatic rings. The topological polar surface area (TPSA) is 71.5 Å². The number of fused-ring (bicyclic) bond motifs is 2. The van der Waals surface area contributed by atoms with Crippen molar-refractivity contribution in [1.29, 1.82) is 0 Å². The Balaban J connectivity index is 1.57. The third-order valence-electron chi connectivity index (χ3n) is 5.15. The maximum absolute atomic E-state index is 12.7. The molecular weight excluding hydrogens is 432 g/mol. The Labute approximate surface area is 185 Å². The van der Waals surface area contributed by atoms with E-state index in [9.17, 15) is 4.79 Å². The second kappa shape index (κ2) is 7.61. The summed E-state index contributed by atoms with van der Waals surface area (Å²) < 4.78 is 0. The van der Waals surface area contributed by atoms with Crippen LogP contribution >= 0.6 is 34.4 Å². The minimum Gasteiger partial charge on any atom is -0.309 e. The lowest BCUT2D eigenvalue weighted by Gasteiger charge is -2.11. The van der Waals surface area contributed by atoms with Crippen molar-refractivity contribution < 1.29 is 0 Å². The molecule has 0 saturated heterocycles. The first-order chi connectivity index (χ1) is 14.5. The van der Waals surface area contributed by atoms with Gasteiger partial charge >= 0.3 is 0 Å². The highest BCUT2D eigenvalue weighted by Crippen LogP contribution is 2.42. The maximum atomic E-state index is 12.7. The number of aromatic nitrogens is 4. The van der Waals surface area contributed by atoms with Gasteiger partial charge in [0.2, 0.25) is 0 Å². The quantitative estimate of drug-likeness (QED) is 0.263. The van der Waals surface area contributed by atoms with Gasteiger partial charge in [0.25, 0.3) is 5.56 Å². The average molecular weight is 451 g/mol. The summed E-state index contributed by atoms with van der Waals surface area (Å²) in [5.41, 5.74) is 3.22. The molecule has 4 aromatic heterocycles. The Kier molecular flexibility index (Phi) is 4.92. The van der Waals surface area contributed by atoms with Crippen molar-refractivity contribution in [2.45, 2.75) is 31.0 Å². The van der Waals surface area contributed by atoms with Crippen molar-refractivity contribution in [1.82, 2.24) is 19.9 Å². The zero-order valence-electron chi connectivity index (χ0n) is 16.6. The maximum Gasteiger partial charge on any atom is 0.259 e. The molecule has 4 heterocycles. The molecule has 0 radical (unpaired) electrons. The summed E-state index contributed by atoms with van der Waals surface area (Å²) in [6.45, 7) is 6.05. The summed E-state index contributed by atoms with van der Waals surface area (Å²) in [6.07, 6.45) is 1.61. The summed E-state index contributed by atoms with van der Waals surface area (Å²) in [5.74, 6) is 0.669. The van der Waals surface area contributed by atoms with Gasteiger partial charge in [-0.2, -0.15) is 0 Å². The number of aryl methyl sites for hydroxylation is 2. The first kappa shape index (κ1) is 19.4. The standard InChI is InChI=1S/C22H18N4OS3/c1-11-12(2)29-22-16(11)19(27)25-18(26-22)13(3)30-21-17-15(14-7-5-4-6-8-14)9-28-20(17)23-10-24-21/h4-10,13H,1-3H3,(H,25,26,27). The second-order valence-electron chi connectivity index (χ2n) is 7.05. The normalized spacial score (nSPS) is 12.6. The van der Waals surface area contributed by atoms with E-state index in [4.69, 9.17) is 4.98 Å². The number of nitrogens with one attached hydrogen (secondary N) is 1. The van der Waals surface area contributed by atoms with Gasteiger partial charge in [0.1, 0.15) is 26.8 Å². The number of nitrogens with zero attached hydrogens (tertiary/aromatic N) is 3. The fourth-order valence-corrected chi connectivity index (χ4v) is 6.46. The fourth-order valence-electron chi connectivity index (χ4n) is 3.45. The van der Waals surface area contributed by atoms with E-state index in [0.29, 0.717) is 11.2 Å². The number of thiophene rings is 2. The van der Waals surface area contributed by atoms with Crippen LogP contribution in [0.25, 0.3) is 31.6 Å². The first-order valence-corrected chi connectivity index (χ1v) is 12.0. The van der Waals surface area contributed by atoms with E-state index in [0.717, 1.165) is 41.6 Å². The van der Waals surface area contributed by atoms with E-state index in [1.54, 1.807) is 40.8 Å². The van der Waals surface area contributed by atoms with E-state index >= 15 is 0 Å². The van der Waals surface area contributed by atoms with Gasteiger partial charge < -0.3 is 4.98 Å². The zero-order valence-corrected chi connectivity index (χ0v) is 19.0. The van der Waals surface area contributed by atoms with E-state index in [1.807, 2.05) is 39.0 Å². The number of hydrogen-bond acceptors (Lipinski definition) is 7. The Morgan fingerprint density at radius 1 is 1.07 bits per heavy atom. The van der Waals surface area contributed by atoms with Crippen LogP contribution < -0.4 is 5.56 Å². The molecule has 1 atom stereocenters. The molecular formula is C22H18N4OS3. The van der Waals surface area contributed by atoms with Gasteiger partial charge in [0, 0.05) is 15.8 Å². The lowest BCUT2D eigenvalue weighted by molar-refractivity contribution is 0.921. The van der Waals surface area contributed by atoms with Gasteiger partial charge in [-0.1, -0.05) is 42.1 Å². The molecule has 1 unspecified atom stereocenters. The molecule has 1 N–H and O–H groups in total. The summed E-state index contributed by atoms with van der Waals surface area (Å²) in [7, 11) is 0. The molecule has 5 aromatic rings. The summed E-state index contributed by atoms with van der Waals surface area (Å²) in [4.78, 5) is 32.3.